The minimum absolute atomic E-state index is 0.211. The van der Waals surface area contributed by atoms with Crippen molar-refractivity contribution in [2.24, 2.45) is 5.92 Å². The molecule has 2 heteroatoms. The van der Waals surface area contributed by atoms with E-state index in [1.165, 1.54) is 17.5 Å². The highest BCUT2D eigenvalue weighted by molar-refractivity contribution is 5.31. The Morgan fingerprint density at radius 1 is 1.12 bits per heavy atom. The van der Waals surface area contributed by atoms with Gasteiger partial charge in [0.05, 0.1) is 12.7 Å². The van der Waals surface area contributed by atoms with E-state index in [1.807, 2.05) is 0 Å². The molecule has 3 aliphatic rings. The van der Waals surface area contributed by atoms with Crippen molar-refractivity contribution < 1.29 is 9.47 Å². The Hall–Kier alpha value is -0.860. The van der Waals surface area contributed by atoms with E-state index in [4.69, 9.17) is 9.47 Å². The zero-order chi connectivity index (χ0) is 11.3. The quantitative estimate of drug-likeness (QED) is 0.682. The van der Waals surface area contributed by atoms with E-state index in [1.54, 1.807) is 0 Å². The average molecular weight is 230 g/mol. The van der Waals surface area contributed by atoms with Crippen LogP contribution in [-0.2, 0) is 22.3 Å². The van der Waals surface area contributed by atoms with Crippen LogP contribution in [-0.4, -0.2) is 18.5 Å². The van der Waals surface area contributed by atoms with Gasteiger partial charge in [-0.25, -0.2) is 0 Å². The summed E-state index contributed by atoms with van der Waals surface area (Å²) in [6.45, 7) is 0.881. The Bertz CT molecular complexity index is 399. The number of rotatable bonds is 0. The lowest BCUT2D eigenvalue weighted by Crippen LogP contribution is -2.29. The summed E-state index contributed by atoms with van der Waals surface area (Å²) < 4.78 is 12.1. The molecular formula is C15H18O2. The second-order valence-electron chi connectivity index (χ2n) is 5.66. The van der Waals surface area contributed by atoms with Crippen LogP contribution in [0.25, 0.3) is 0 Å². The van der Waals surface area contributed by atoms with Gasteiger partial charge in [-0.2, -0.15) is 0 Å². The maximum absolute atomic E-state index is 6.25. The molecule has 4 rings (SSSR count). The zero-order valence-corrected chi connectivity index (χ0v) is 10.0. The average Bonchev–Trinajstić information content (AvgIpc) is 2.92. The molecule has 17 heavy (non-hydrogen) atoms. The number of ether oxygens (including phenoxy) is 2. The van der Waals surface area contributed by atoms with Crippen LogP contribution in [0.4, 0.5) is 0 Å². The molecule has 0 unspecified atom stereocenters. The smallest absolute Gasteiger partial charge is 0.169 e. The molecule has 0 radical (unpaired) electrons. The molecule has 3 atom stereocenters. The van der Waals surface area contributed by atoms with Crippen LogP contribution >= 0.6 is 0 Å². The van der Waals surface area contributed by atoms with Crippen LogP contribution in [0.1, 0.15) is 30.4 Å². The minimum atomic E-state index is -0.211. The lowest BCUT2D eigenvalue weighted by molar-refractivity contribution is -0.198. The minimum Gasteiger partial charge on any atom is -0.350 e. The maximum Gasteiger partial charge on any atom is 0.169 e. The van der Waals surface area contributed by atoms with Gasteiger partial charge in [-0.3, -0.25) is 0 Å². The SMILES string of the molecule is c1ccc2c(c1)C[C@H]1C[C@]3(CCCO3)O[C@@H]1C2. The normalized spacial score (nSPS) is 39.3. The van der Waals surface area contributed by atoms with Gasteiger partial charge in [-0.05, 0) is 36.3 Å². The topological polar surface area (TPSA) is 18.5 Å². The summed E-state index contributed by atoms with van der Waals surface area (Å²) in [6, 6.07) is 8.80. The molecule has 2 fully saturated rings. The van der Waals surface area contributed by atoms with Gasteiger partial charge in [0.2, 0.25) is 0 Å². The Kier molecular flexibility index (Phi) is 2.12. The second kappa shape index (κ2) is 3.56. The molecule has 2 saturated heterocycles. The van der Waals surface area contributed by atoms with E-state index in [9.17, 15) is 0 Å². The first kappa shape index (κ1) is 10.1. The van der Waals surface area contributed by atoms with Crippen LogP contribution in [0, 0.1) is 5.92 Å². The number of fused-ring (bicyclic) bond motifs is 2. The van der Waals surface area contributed by atoms with Gasteiger partial charge in [0.25, 0.3) is 0 Å². The molecule has 0 aromatic heterocycles. The molecule has 0 saturated carbocycles. The maximum atomic E-state index is 6.25. The summed E-state index contributed by atoms with van der Waals surface area (Å²) in [5, 5.41) is 0. The van der Waals surface area contributed by atoms with E-state index in [0.717, 1.165) is 32.3 Å². The monoisotopic (exact) mass is 230 g/mol. The Labute approximate surface area is 102 Å². The van der Waals surface area contributed by atoms with Crippen molar-refractivity contribution in [1.82, 2.24) is 0 Å². The van der Waals surface area contributed by atoms with E-state index in [0.29, 0.717) is 12.0 Å². The third-order valence-corrected chi connectivity index (χ3v) is 4.55. The highest BCUT2D eigenvalue weighted by Crippen LogP contribution is 2.46. The van der Waals surface area contributed by atoms with Crippen molar-refractivity contribution in [1.29, 1.82) is 0 Å². The van der Waals surface area contributed by atoms with Gasteiger partial charge in [0, 0.05) is 12.8 Å². The number of hydrogen-bond acceptors (Lipinski definition) is 2. The van der Waals surface area contributed by atoms with Gasteiger partial charge >= 0.3 is 0 Å². The summed E-state index contributed by atoms with van der Waals surface area (Å²) in [5.74, 6) is 0.459. The van der Waals surface area contributed by atoms with Crippen LogP contribution in [0.3, 0.4) is 0 Å². The van der Waals surface area contributed by atoms with Crippen molar-refractivity contribution in [3.05, 3.63) is 35.4 Å². The van der Waals surface area contributed by atoms with Crippen LogP contribution in [0.2, 0.25) is 0 Å². The predicted octanol–water partition coefficient (Wildman–Crippen LogP) is 2.70. The van der Waals surface area contributed by atoms with E-state index in [2.05, 4.69) is 24.3 Å². The molecule has 0 amide bonds. The second-order valence-corrected chi connectivity index (χ2v) is 5.66. The first-order valence-electron chi connectivity index (χ1n) is 6.73. The van der Waals surface area contributed by atoms with Crippen molar-refractivity contribution >= 4 is 0 Å². The number of hydrogen-bond donors (Lipinski definition) is 0. The van der Waals surface area contributed by atoms with Gasteiger partial charge in [-0.1, -0.05) is 24.3 Å². The van der Waals surface area contributed by atoms with E-state index in [-0.39, 0.29) is 5.79 Å². The molecule has 2 aliphatic heterocycles. The summed E-state index contributed by atoms with van der Waals surface area (Å²) in [6.07, 6.45) is 6.00. The highest BCUT2D eigenvalue weighted by Gasteiger charge is 2.50. The fourth-order valence-corrected chi connectivity index (χ4v) is 3.74. The molecule has 2 heterocycles. The third-order valence-electron chi connectivity index (χ3n) is 4.55. The third kappa shape index (κ3) is 1.54. The summed E-state index contributed by atoms with van der Waals surface area (Å²) in [5.41, 5.74) is 3.00. The first-order chi connectivity index (χ1) is 8.35. The fraction of sp³-hybridized carbons (Fsp3) is 0.600. The van der Waals surface area contributed by atoms with Crippen LogP contribution < -0.4 is 0 Å². The first-order valence-corrected chi connectivity index (χ1v) is 6.73. The largest absolute Gasteiger partial charge is 0.350 e. The molecule has 1 aromatic rings. The zero-order valence-electron chi connectivity index (χ0n) is 10.0. The summed E-state index contributed by atoms with van der Waals surface area (Å²) in [4.78, 5) is 0. The van der Waals surface area contributed by atoms with Gasteiger partial charge in [0.15, 0.2) is 5.79 Å². The van der Waals surface area contributed by atoms with Crippen molar-refractivity contribution in [3.63, 3.8) is 0 Å². The van der Waals surface area contributed by atoms with Gasteiger partial charge in [0.1, 0.15) is 0 Å². The molecule has 0 N–H and O–H groups in total. The van der Waals surface area contributed by atoms with Crippen molar-refractivity contribution in [3.8, 4) is 0 Å². The van der Waals surface area contributed by atoms with E-state index >= 15 is 0 Å². The van der Waals surface area contributed by atoms with Crippen LogP contribution in [0.5, 0.6) is 0 Å². The molecule has 2 nitrogen and oxygen atoms in total. The predicted molar refractivity (Wildman–Crippen MR) is 64.7 cm³/mol. The molecule has 1 spiro atoms. The van der Waals surface area contributed by atoms with Crippen LogP contribution in [0.15, 0.2) is 24.3 Å². The summed E-state index contributed by atoms with van der Waals surface area (Å²) in [7, 11) is 0. The summed E-state index contributed by atoms with van der Waals surface area (Å²) >= 11 is 0. The van der Waals surface area contributed by atoms with Crippen molar-refractivity contribution in [2.75, 3.05) is 6.61 Å². The molecular weight excluding hydrogens is 212 g/mol. The standard InChI is InChI=1S/C15H18O2/c1-2-5-12-9-14-13(8-11(12)4-1)10-15(17-14)6-3-7-16-15/h1-2,4-5,13-14H,3,6-10H2/t13-,14+,15-/m0/s1. The lowest BCUT2D eigenvalue weighted by atomic mass is 9.80. The molecule has 90 valence electrons. The Morgan fingerprint density at radius 2 is 1.94 bits per heavy atom. The molecule has 1 aromatic carbocycles. The van der Waals surface area contributed by atoms with Gasteiger partial charge in [-0.15, -0.1) is 0 Å². The van der Waals surface area contributed by atoms with E-state index < -0.39 is 0 Å². The Balaban J connectivity index is 1.62. The molecule has 0 bridgehead atoms. The van der Waals surface area contributed by atoms with Gasteiger partial charge < -0.3 is 9.47 Å². The highest BCUT2D eigenvalue weighted by atomic mass is 16.7. The molecule has 1 aliphatic carbocycles. The number of benzene rings is 1. The van der Waals surface area contributed by atoms with Crippen molar-refractivity contribution in [2.45, 2.75) is 44.0 Å². The lowest BCUT2D eigenvalue weighted by Gasteiger charge is -2.26. The fourth-order valence-electron chi connectivity index (χ4n) is 3.74. The Morgan fingerprint density at radius 3 is 2.71 bits per heavy atom.